The predicted molar refractivity (Wildman–Crippen MR) is 37.7 cm³/mol. The van der Waals surface area contributed by atoms with Gasteiger partial charge in [0, 0.05) is 6.07 Å². The Bertz CT molecular complexity index is 195. The fourth-order valence-corrected chi connectivity index (χ4v) is 0.682. The molecule has 0 radical (unpaired) electrons. The number of ether oxygens (including phenoxy) is 1. The molecule has 0 aromatic heterocycles. The molecular weight excluding hydrogens is 133 g/mol. The predicted octanol–water partition coefficient (Wildman–Crippen LogP) is 1.99. The van der Waals surface area contributed by atoms with Crippen LogP contribution in [0, 0.1) is 0 Å². The van der Waals surface area contributed by atoms with Crippen LogP contribution in [0.5, 0.6) is 5.75 Å². The first-order chi connectivity index (χ1) is 4.86. The molecule has 0 atom stereocenters. The van der Waals surface area contributed by atoms with Crippen molar-refractivity contribution in [2.75, 3.05) is 12.6 Å². The summed E-state index contributed by atoms with van der Waals surface area (Å²) in [6, 6.07) is 6.64. The van der Waals surface area contributed by atoms with Gasteiger partial charge in [-0.1, -0.05) is 6.07 Å². The summed E-state index contributed by atoms with van der Waals surface area (Å²) in [4.78, 5) is 0. The van der Waals surface area contributed by atoms with E-state index in [9.17, 15) is 4.48 Å². The van der Waals surface area contributed by atoms with Gasteiger partial charge in [0.2, 0.25) is 0 Å². The summed E-state index contributed by atoms with van der Waals surface area (Å²) < 4.78 is 16.6. The van der Waals surface area contributed by atoms with Crippen LogP contribution in [-0.4, -0.2) is 7.11 Å². The molecule has 1 N–H and O–H groups in total. The lowest BCUT2D eigenvalue weighted by atomic mass is 10.3. The Hall–Kier alpha value is -1.25. The average Bonchev–Trinajstić information content (AvgIpc) is 2.05. The maximum atomic E-state index is 11.7. The monoisotopic (exact) mass is 141 g/mol. The summed E-state index contributed by atoms with van der Waals surface area (Å²) in [6.45, 7) is 0. The molecule has 0 spiro atoms. The van der Waals surface area contributed by atoms with E-state index < -0.39 is 0 Å². The van der Waals surface area contributed by atoms with Crippen LogP contribution in [0.4, 0.5) is 10.2 Å². The molecule has 0 saturated heterocycles. The van der Waals surface area contributed by atoms with E-state index in [1.54, 1.807) is 24.3 Å². The molecule has 54 valence electrons. The van der Waals surface area contributed by atoms with E-state index in [1.165, 1.54) is 12.6 Å². The number of nitrogens with one attached hydrogen (secondary N) is 1. The van der Waals surface area contributed by atoms with Crippen LogP contribution in [0.3, 0.4) is 0 Å². The highest BCUT2D eigenvalue weighted by molar-refractivity contribution is 5.46. The molecule has 1 aromatic carbocycles. The Morgan fingerprint density at radius 3 is 2.90 bits per heavy atom. The van der Waals surface area contributed by atoms with E-state index in [2.05, 4.69) is 0 Å². The number of halogens is 1. The van der Waals surface area contributed by atoms with Gasteiger partial charge < -0.3 is 4.74 Å². The molecule has 1 rings (SSSR count). The smallest absolute Gasteiger partial charge is 0.121 e. The lowest BCUT2D eigenvalue weighted by Gasteiger charge is -1.99. The molecule has 0 aliphatic heterocycles. The highest BCUT2D eigenvalue weighted by atomic mass is 19.2. The first-order valence-corrected chi connectivity index (χ1v) is 2.87. The molecule has 0 saturated carbocycles. The molecule has 0 fully saturated rings. The first kappa shape index (κ1) is 6.86. The van der Waals surface area contributed by atoms with Gasteiger partial charge in [-0.05, 0) is 12.1 Å². The fourth-order valence-electron chi connectivity index (χ4n) is 0.682. The van der Waals surface area contributed by atoms with Gasteiger partial charge in [-0.2, -0.15) is 0 Å². The maximum Gasteiger partial charge on any atom is 0.121 e. The van der Waals surface area contributed by atoms with Gasteiger partial charge in [0.25, 0.3) is 0 Å². The molecule has 10 heavy (non-hydrogen) atoms. The Morgan fingerprint density at radius 1 is 1.50 bits per heavy atom. The number of rotatable bonds is 2. The molecule has 0 unspecified atom stereocenters. The SMILES string of the molecule is COc1cccc(NF)c1. The molecule has 0 aliphatic rings. The first-order valence-electron chi connectivity index (χ1n) is 2.87. The van der Waals surface area contributed by atoms with Gasteiger partial charge in [-0.25, -0.2) is 5.54 Å². The van der Waals surface area contributed by atoms with Crippen molar-refractivity contribution in [3.05, 3.63) is 24.3 Å². The standard InChI is InChI=1S/C7H8FNO/c1-10-7-4-2-3-6(5-7)9-8/h2-5,9H,1H3. The van der Waals surface area contributed by atoms with Crippen LogP contribution in [0.2, 0.25) is 0 Å². The molecule has 3 heteroatoms. The summed E-state index contributed by atoms with van der Waals surface area (Å²) in [5, 5.41) is 0. The van der Waals surface area contributed by atoms with Crippen LogP contribution < -0.4 is 10.3 Å². The van der Waals surface area contributed by atoms with Crippen LogP contribution in [0.15, 0.2) is 24.3 Å². The maximum absolute atomic E-state index is 11.7. The summed E-state index contributed by atoms with van der Waals surface area (Å²) in [6.07, 6.45) is 0. The molecular formula is C7H8FNO. The minimum Gasteiger partial charge on any atom is -0.497 e. The second-order valence-corrected chi connectivity index (χ2v) is 1.83. The van der Waals surface area contributed by atoms with Crippen molar-refractivity contribution < 1.29 is 9.22 Å². The second-order valence-electron chi connectivity index (χ2n) is 1.83. The van der Waals surface area contributed by atoms with E-state index in [-0.39, 0.29) is 0 Å². The molecule has 0 aliphatic carbocycles. The molecule has 1 aromatic rings. The molecule has 0 amide bonds. The number of methoxy groups -OCH3 is 1. The van der Waals surface area contributed by atoms with Crippen molar-refractivity contribution >= 4 is 5.69 Å². The summed E-state index contributed by atoms with van der Waals surface area (Å²) in [5.41, 5.74) is 1.92. The normalized spacial score (nSPS) is 9.00. The number of benzene rings is 1. The third-order valence-electron chi connectivity index (χ3n) is 1.18. The highest BCUT2D eigenvalue weighted by Crippen LogP contribution is 2.16. The molecule has 0 heterocycles. The Kier molecular flexibility index (Phi) is 2.10. The van der Waals surface area contributed by atoms with Gasteiger partial charge in [-0.15, -0.1) is 4.48 Å². The largest absolute Gasteiger partial charge is 0.497 e. The van der Waals surface area contributed by atoms with Crippen molar-refractivity contribution in [3.63, 3.8) is 0 Å². The number of hydrogen-bond donors (Lipinski definition) is 1. The third kappa shape index (κ3) is 1.37. The van der Waals surface area contributed by atoms with E-state index in [0.717, 1.165) is 0 Å². The second kappa shape index (κ2) is 3.06. The number of anilines is 1. The van der Waals surface area contributed by atoms with E-state index >= 15 is 0 Å². The van der Waals surface area contributed by atoms with E-state index in [1.807, 2.05) is 0 Å². The minimum atomic E-state index is 0.402. The Balaban J connectivity index is 2.87. The van der Waals surface area contributed by atoms with Crippen LogP contribution in [0.1, 0.15) is 0 Å². The van der Waals surface area contributed by atoms with Crippen molar-refractivity contribution in [2.24, 2.45) is 0 Å². The highest BCUT2D eigenvalue weighted by Gasteiger charge is 1.91. The van der Waals surface area contributed by atoms with Crippen molar-refractivity contribution in [2.45, 2.75) is 0 Å². The van der Waals surface area contributed by atoms with Gasteiger partial charge in [0.15, 0.2) is 0 Å². The Morgan fingerprint density at radius 2 is 2.30 bits per heavy atom. The lowest BCUT2D eigenvalue weighted by Crippen LogP contribution is -1.84. The average molecular weight is 141 g/mol. The van der Waals surface area contributed by atoms with Crippen LogP contribution in [0.25, 0.3) is 0 Å². The molecule has 0 bridgehead atoms. The van der Waals surface area contributed by atoms with E-state index in [4.69, 9.17) is 4.74 Å². The van der Waals surface area contributed by atoms with Gasteiger partial charge in [0.05, 0.1) is 12.8 Å². The zero-order chi connectivity index (χ0) is 7.40. The zero-order valence-electron chi connectivity index (χ0n) is 5.60. The lowest BCUT2D eigenvalue weighted by molar-refractivity contribution is 0.414. The van der Waals surface area contributed by atoms with Crippen molar-refractivity contribution in [3.8, 4) is 5.75 Å². The quantitative estimate of drug-likeness (QED) is 0.636. The van der Waals surface area contributed by atoms with Gasteiger partial charge in [0.1, 0.15) is 5.75 Å². The summed E-state index contributed by atoms with van der Waals surface area (Å²) >= 11 is 0. The van der Waals surface area contributed by atoms with Crippen LogP contribution >= 0.6 is 0 Å². The fraction of sp³-hybridized carbons (Fsp3) is 0.143. The van der Waals surface area contributed by atoms with Gasteiger partial charge >= 0.3 is 0 Å². The zero-order valence-corrected chi connectivity index (χ0v) is 5.60. The Labute approximate surface area is 58.6 Å². The molecule has 2 nitrogen and oxygen atoms in total. The number of hydrogen-bond acceptors (Lipinski definition) is 2. The van der Waals surface area contributed by atoms with Crippen molar-refractivity contribution in [1.29, 1.82) is 0 Å². The van der Waals surface area contributed by atoms with E-state index in [0.29, 0.717) is 11.4 Å². The van der Waals surface area contributed by atoms with Crippen molar-refractivity contribution in [1.82, 2.24) is 0 Å². The summed E-state index contributed by atoms with van der Waals surface area (Å²) in [5.74, 6) is 0.641. The minimum absolute atomic E-state index is 0.402. The summed E-state index contributed by atoms with van der Waals surface area (Å²) in [7, 11) is 1.54. The topological polar surface area (TPSA) is 21.3 Å². The third-order valence-corrected chi connectivity index (χ3v) is 1.18. The van der Waals surface area contributed by atoms with Crippen LogP contribution in [-0.2, 0) is 0 Å². The van der Waals surface area contributed by atoms with Gasteiger partial charge in [-0.3, -0.25) is 0 Å².